The lowest BCUT2D eigenvalue weighted by atomic mass is 10.1. The molecule has 2 aromatic carbocycles. The highest BCUT2D eigenvalue weighted by Crippen LogP contribution is 2.28. The predicted molar refractivity (Wildman–Crippen MR) is 117 cm³/mol. The number of piperazine rings is 1. The minimum Gasteiger partial charge on any atom is -0.493 e. The van der Waals surface area contributed by atoms with Crippen molar-refractivity contribution < 1.29 is 9.53 Å². The van der Waals surface area contributed by atoms with Crippen LogP contribution in [0.2, 0.25) is 5.02 Å². The van der Waals surface area contributed by atoms with E-state index in [9.17, 15) is 4.79 Å². The van der Waals surface area contributed by atoms with E-state index >= 15 is 0 Å². The fraction of sp³-hybridized carbons (Fsp3) is 0.435. The van der Waals surface area contributed by atoms with E-state index in [-0.39, 0.29) is 5.91 Å². The van der Waals surface area contributed by atoms with E-state index in [0.29, 0.717) is 11.6 Å². The maximum atomic E-state index is 12.5. The van der Waals surface area contributed by atoms with Gasteiger partial charge in [-0.15, -0.1) is 0 Å². The van der Waals surface area contributed by atoms with Gasteiger partial charge in [0.2, 0.25) is 5.91 Å². The Morgan fingerprint density at radius 3 is 2.62 bits per heavy atom. The largest absolute Gasteiger partial charge is 0.493 e. The Hall–Kier alpha value is -2.08. The molecule has 4 rings (SSSR count). The van der Waals surface area contributed by atoms with Crippen molar-refractivity contribution in [2.75, 3.05) is 44.6 Å². The zero-order valence-corrected chi connectivity index (χ0v) is 17.9. The molecule has 29 heavy (non-hydrogen) atoms. The van der Waals surface area contributed by atoms with Gasteiger partial charge < -0.3 is 10.1 Å². The van der Waals surface area contributed by atoms with Crippen LogP contribution in [0, 0.1) is 13.8 Å². The molecule has 0 unspecified atom stereocenters. The molecule has 2 aliphatic rings. The number of hydrogen-bond acceptors (Lipinski definition) is 4. The lowest BCUT2D eigenvalue weighted by Gasteiger charge is -2.34. The highest BCUT2D eigenvalue weighted by atomic mass is 35.5. The molecule has 1 amide bonds. The molecular weight excluding hydrogens is 386 g/mol. The number of ether oxygens (including phenoxy) is 1. The van der Waals surface area contributed by atoms with E-state index in [4.69, 9.17) is 16.3 Å². The van der Waals surface area contributed by atoms with Crippen LogP contribution in [0.1, 0.15) is 22.3 Å². The number of fused-ring (bicyclic) bond motifs is 1. The monoisotopic (exact) mass is 413 g/mol. The van der Waals surface area contributed by atoms with Crippen LogP contribution in [0.3, 0.4) is 0 Å². The van der Waals surface area contributed by atoms with Crippen LogP contribution in [0.5, 0.6) is 5.75 Å². The van der Waals surface area contributed by atoms with E-state index in [1.807, 2.05) is 26.0 Å². The number of aryl methyl sites for hydroxylation is 2. The highest BCUT2D eigenvalue weighted by Gasteiger charge is 2.20. The molecule has 1 fully saturated rings. The summed E-state index contributed by atoms with van der Waals surface area (Å²) in [6, 6.07) is 10.4. The summed E-state index contributed by atoms with van der Waals surface area (Å²) < 4.78 is 5.59. The minimum atomic E-state index is -0.00840. The normalized spacial score (nSPS) is 17.1. The van der Waals surface area contributed by atoms with Gasteiger partial charge in [-0.2, -0.15) is 0 Å². The molecule has 0 bridgehead atoms. The average molecular weight is 414 g/mol. The van der Waals surface area contributed by atoms with Crippen LogP contribution in [-0.4, -0.2) is 55.0 Å². The number of carbonyl (C=O) groups excluding carboxylic acids is 1. The third-order valence-corrected chi connectivity index (χ3v) is 5.99. The first kappa shape index (κ1) is 20.2. The molecule has 6 heteroatoms. The maximum Gasteiger partial charge on any atom is 0.238 e. The smallest absolute Gasteiger partial charge is 0.238 e. The summed E-state index contributed by atoms with van der Waals surface area (Å²) in [7, 11) is 0. The van der Waals surface area contributed by atoms with Crippen molar-refractivity contribution in [1.82, 2.24) is 9.80 Å². The zero-order chi connectivity index (χ0) is 20.4. The molecule has 0 aliphatic carbocycles. The van der Waals surface area contributed by atoms with Gasteiger partial charge in [0.1, 0.15) is 5.75 Å². The second kappa shape index (κ2) is 8.74. The number of anilines is 1. The van der Waals surface area contributed by atoms with Crippen LogP contribution < -0.4 is 10.1 Å². The Morgan fingerprint density at radius 2 is 1.86 bits per heavy atom. The number of nitrogens with one attached hydrogen (secondary N) is 1. The molecule has 5 nitrogen and oxygen atoms in total. The molecule has 2 aliphatic heterocycles. The van der Waals surface area contributed by atoms with Crippen molar-refractivity contribution in [3.05, 3.63) is 57.6 Å². The summed E-state index contributed by atoms with van der Waals surface area (Å²) in [6.07, 6.45) is 1.01. The molecule has 154 valence electrons. The topological polar surface area (TPSA) is 44.8 Å². The van der Waals surface area contributed by atoms with E-state index in [1.165, 1.54) is 11.1 Å². The van der Waals surface area contributed by atoms with Gasteiger partial charge in [0.15, 0.2) is 0 Å². The van der Waals surface area contributed by atoms with Gasteiger partial charge >= 0.3 is 0 Å². The van der Waals surface area contributed by atoms with Gasteiger partial charge in [0.25, 0.3) is 0 Å². The molecule has 2 heterocycles. The minimum absolute atomic E-state index is 0.00840. The van der Waals surface area contributed by atoms with E-state index in [1.54, 1.807) is 0 Å². The van der Waals surface area contributed by atoms with Crippen molar-refractivity contribution in [3.8, 4) is 5.75 Å². The lowest BCUT2D eigenvalue weighted by molar-refractivity contribution is -0.117. The van der Waals surface area contributed by atoms with Gasteiger partial charge in [-0.1, -0.05) is 29.8 Å². The number of rotatable bonds is 5. The summed E-state index contributed by atoms with van der Waals surface area (Å²) in [5.74, 6) is 1.03. The quantitative estimate of drug-likeness (QED) is 0.812. The molecule has 0 saturated carbocycles. The van der Waals surface area contributed by atoms with E-state index in [0.717, 1.165) is 68.3 Å². The summed E-state index contributed by atoms with van der Waals surface area (Å²) in [5.41, 5.74) is 5.47. The van der Waals surface area contributed by atoms with Crippen LogP contribution in [0.25, 0.3) is 0 Å². The first-order valence-corrected chi connectivity index (χ1v) is 10.6. The second-order valence-electron chi connectivity index (χ2n) is 8.08. The van der Waals surface area contributed by atoms with E-state index < -0.39 is 0 Å². The summed E-state index contributed by atoms with van der Waals surface area (Å²) in [4.78, 5) is 17.2. The van der Waals surface area contributed by atoms with Gasteiger partial charge in [0, 0.05) is 39.1 Å². The van der Waals surface area contributed by atoms with Crippen molar-refractivity contribution in [2.45, 2.75) is 26.8 Å². The van der Waals surface area contributed by atoms with E-state index in [2.05, 4.69) is 33.3 Å². The second-order valence-corrected chi connectivity index (χ2v) is 8.49. The molecule has 1 saturated heterocycles. The lowest BCUT2D eigenvalue weighted by Crippen LogP contribution is -2.48. The van der Waals surface area contributed by atoms with Crippen LogP contribution in [-0.2, 0) is 17.8 Å². The number of carbonyl (C=O) groups is 1. The van der Waals surface area contributed by atoms with Crippen LogP contribution >= 0.6 is 11.6 Å². The Bertz CT molecular complexity index is 884. The van der Waals surface area contributed by atoms with Gasteiger partial charge in [-0.25, -0.2) is 0 Å². The highest BCUT2D eigenvalue weighted by molar-refractivity contribution is 6.34. The number of amides is 1. The average Bonchev–Trinajstić information content (AvgIpc) is 3.14. The first-order valence-electron chi connectivity index (χ1n) is 10.2. The Morgan fingerprint density at radius 1 is 1.10 bits per heavy atom. The van der Waals surface area contributed by atoms with Gasteiger partial charge in [0.05, 0.1) is 23.9 Å². The SMILES string of the molecule is Cc1cc(C)c(NC(=O)CN2CCN(Cc3ccc4c(c3)CCO4)CC2)c(Cl)c1. The van der Waals surface area contributed by atoms with Crippen molar-refractivity contribution >= 4 is 23.2 Å². The Kier molecular flexibility index (Phi) is 6.09. The van der Waals surface area contributed by atoms with Gasteiger partial charge in [-0.05, 0) is 48.2 Å². The molecular formula is C23H28ClN3O2. The standard InChI is InChI=1S/C23H28ClN3O2/c1-16-11-17(2)23(20(24)12-16)25-22(28)15-27-8-6-26(7-9-27)14-18-3-4-21-19(13-18)5-10-29-21/h3-4,11-13H,5-10,14-15H2,1-2H3,(H,25,28). The molecule has 0 spiro atoms. The summed E-state index contributed by atoms with van der Waals surface area (Å²) >= 11 is 6.31. The summed E-state index contributed by atoms with van der Waals surface area (Å²) in [6.45, 7) is 9.82. The third-order valence-electron chi connectivity index (χ3n) is 5.69. The fourth-order valence-electron chi connectivity index (χ4n) is 4.16. The Balaban J connectivity index is 1.26. The van der Waals surface area contributed by atoms with Gasteiger partial charge in [-0.3, -0.25) is 14.6 Å². The predicted octanol–water partition coefficient (Wildman–Crippen LogP) is 3.65. The maximum absolute atomic E-state index is 12.5. The fourth-order valence-corrected chi connectivity index (χ4v) is 4.53. The molecule has 0 atom stereocenters. The van der Waals surface area contributed by atoms with Crippen molar-refractivity contribution in [3.63, 3.8) is 0 Å². The molecule has 0 aromatic heterocycles. The number of nitrogens with zero attached hydrogens (tertiary/aromatic N) is 2. The number of hydrogen-bond donors (Lipinski definition) is 1. The van der Waals surface area contributed by atoms with Crippen molar-refractivity contribution in [2.24, 2.45) is 0 Å². The molecule has 2 aromatic rings. The third kappa shape index (κ3) is 4.92. The zero-order valence-electron chi connectivity index (χ0n) is 17.1. The number of benzene rings is 2. The van der Waals surface area contributed by atoms with Crippen LogP contribution in [0.15, 0.2) is 30.3 Å². The molecule has 1 N–H and O–H groups in total. The first-order chi connectivity index (χ1) is 14.0. The summed E-state index contributed by atoms with van der Waals surface area (Å²) in [5, 5.41) is 3.59. The molecule has 0 radical (unpaired) electrons. The Labute approximate surface area is 177 Å². The van der Waals surface area contributed by atoms with Crippen LogP contribution in [0.4, 0.5) is 5.69 Å². The van der Waals surface area contributed by atoms with Crippen molar-refractivity contribution in [1.29, 1.82) is 0 Å². The number of halogens is 1.